The summed E-state index contributed by atoms with van der Waals surface area (Å²) in [5, 5.41) is 3.88. The van der Waals surface area contributed by atoms with Gasteiger partial charge in [0.05, 0.1) is 12.7 Å². The predicted molar refractivity (Wildman–Crippen MR) is 125 cm³/mol. The normalized spacial score (nSPS) is 17.4. The van der Waals surface area contributed by atoms with Gasteiger partial charge in [0, 0.05) is 29.4 Å². The fourth-order valence-electron chi connectivity index (χ4n) is 4.36. The fourth-order valence-corrected chi connectivity index (χ4v) is 5.18. The molecule has 0 saturated heterocycles. The van der Waals surface area contributed by atoms with Crippen molar-refractivity contribution in [3.8, 4) is 5.75 Å². The summed E-state index contributed by atoms with van der Waals surface area (Å²) in [4.78, 5) is 33.9. The minimum absolute atomic E-state index is 0.0900. The topological polar surface area (TPSA) is 84.1 Å². The number of aromatic amines is 1. The molecular weight excluding hydrogens is 422 g/mol. The zero-order valence-corrected chi connectivity index (χ0v) is 18.5. The van der Waals surface area contributed by atoms with Crippen molar-refractivity contribution >= 4 is 23.4 Å². The number of nitrogens with zero attached hydrogens (tertiary/aromatic N) is 1. The molecule has 0 spiro atoms. The number of ether oxygens (including phenoxy) is 1. The number of rotatable bonds is 5. The van der Waals surface area contributed by atoms with Crippen LogP contribution in [0.15, 0.2) is 75.8 Å². The number of thioether (sulfide) groups is 1. The van der Waals surface area contributed by atoms with Crippen LogP contribution < -0.4 is 15.6 Å². The van der Waals surface area contributed by atoms with Crippen LogP contribution in [0.1, 0.15) is 41.9 Å². The van der Waals surface area contributed by atoms with Crippen molar-refractivity contribution in [2.45, 2.75) is 36.1 Å². The number of H-pyrrole nitrogens is 1. The minimum atomic E-state index is -0.440. The smallest absolute Gasteiger partial charge is 0.257 e. The number of hydrogen-bond donors (Lipinski definition) is 2. The Bertz CT molecular complexity index is 1250. The lowest BCUT2D eigenvalue weighted by Crippen LogP contribution is -2.32. The summed E-state index contributed by atoms with van der Waals surface area (Å²) in [6, 6.07) is 17.6. The van der Waals surface area contributed by atoms with Crippen molar-refractivity contribution in [3.63, 3.8) is 0 Å². The second-order valence-corrected chi connectivity index (χ2v) is 8.87. The van der Waals surface area contributed by atoms with E-state index >= 15 is 0 Å². The molecule has 0 amide bonds. The van der Waals surface area contributed by atoms with Gasteiger partial charge in [-0.2, -0.15) is 0 Å². The third-order valence-electron chi connectivity index (χ3n) is 5.90. The zero-order valence-electron chi connectivity index (χ0n) is 17.7. The molecule has 1 aliphatic heterocycles. The number of Topliss-reactive ketones (excluding diaryl/α,β-unsaturated/α-hetero) is 1. The van der Waals surface area contributed by atoms with Crippen LogP contribution in [0.4, 0.5) is 5.82 Å². The lowest BCUT2D eigenvalue weighted by molar-refractivity contribution is -0.116. The number of allylic oxidation sites excluding steroid dienone is 2. The van der Waals surface area contributed by atoms with Crippen molar-refractivity contribution in [2.24, 2.45) is 0 Å². The number of fused-ring (bicyclic) bond motifs is 1. The van der Waals surface area contributed by atoms with Crippen LogP contribution in [0.25, 0.3) is 0 Å². The number of nitrogens with one attached hydrogen (secondary N) is 2. The van der Waals surface area contributed by atoms with E-state index in [1.165, 1.54) is 11.8 Å². The van der Waals surface area contributed by atoms with Gasteiger partial charge in [-0.05, 0) is 36.1 Å². The summed E-state index contributed by atoms with van der Waals surface area (Å²) in [5.41, 5.74) is 3.88. The van der Waals surface area contributed by atoms with Gasteiger partial charge in [0.25, 0.3) is 5.56 Å². The molecule has 2 aliphatic rings. The molecule has 1 atom stereocenters. The summed E-state index contributed by atoms with van der Waals surface area (Å²) < 4.78 is 5.28. The summed E-state index contributed by atoms with van der Waals surface area (Å²) in [6.45, 7) is 0. The third-order valence-corrected chi connectivity index (χ3v) is 6.85. The Balaban J connectivity index is 1.56. The summed E-state index contributed by atoms with van der Waals surface area (Å²) >= 11 is 1.49. The maximum atomic E-state index is 13.3. The predicted octanol–water partition coefficient (Wildman–Crippen LogP) is 4.64. The van der Waals surface area contributed by atoms with Gasteiger partial charge in [-0.25, -0.2) is 4.98 Å². The van der Waals surface area contributed by atoms with Gasteiger partial charge in [0.15, 0.2) is 10.9 Å². The van der Waals surface area contributed by atoms with Crippen molar-refractivity contribution in [3.05, 3.63) is 92.9 Å². The van der Waals surface area contributed by atoms with Crippen molar-refractivity contribution in [1.29, 1.82) is 0 Å². The molecule has 0 bridgehead atoms. The fraction of sp³-hybridized carbons (Fsp3) is 0.240. The quantitative estimate of drug-likeness (QED) is 0.440. The van der Waals surface area contributed by atoms with E-state index in [1.807, 2.05) is 54.6 Å². The lowest BCUT2D eigenvalue weighted by Gasteiger charge is -2.32. The maximum absolute atomic E-state index is 13.3. The lowest BCUT2D eigenvalue weighted by atomic mass is 9.76. The highest BCUT2D eigenvalue weighted by atomic mass is 32.2. The van der Waals surface area contributed by atoms with E-state index in [1.54, 1.807) is 7.11 Å². The molecule has 7 heteroatoms. The number of carbonyl (C=O) groups is 1. The van der Waals surface area contributed by atoms with Gasteiger partial charge in [0.2, 0.25) is 0 Å². The average molecular weight is 446 g/mol. The van der Waals surface area contributed by atoms with Gasteiger partial charge < -0.3 is 15.0 Å². The Morgan fingerprint density at radius 2 is 1.84 bits per heavy atom. The van der Waals surface area contributed by atoms with Crippen LogP contribution >= 0.6 is 11.8 Å². The molecule has 1 aromatic heterocycles. The monoisotopic (exact) mass is 445 g/mol. The van der Waals surface area contributed by atoms with E-state index < -0.39 is 5.92 Å². The summed E-state index contributed by atoms with van der Waals surface area (Å²) in [5.74, 6) is 1.62. The number of carbonyl (C=O) groups excluding carboxylic acids is 1. The van der Waals surface area contributed by atoms with Gasteiger partial charge in [-0.1, -0.05) is 54.2 Å². The molecule has 6 nitrogen and oxygen atoms in total. The molecular formula is C25H23N3O3S. The van der Waals surface area contributed by atoms with Gasteiger partial charge >= 0.3 is 0 Å². The highest BCUT2D eigenvalue weighted by molar-refractivity contribution is 7.98. The molecule has 0 saturated carbocycles. The first-order chi connectivity index (χ1) is 15.6. The van der Waals surface area contributed by atoms with Crippen LogP contribution in [-0.4, -0.2) is 22.9 Å². The molecule has 162 valence electrons. The first kappa shape index (κ1) is 20.6. The zero-order chi connectivity index (χ0) is 22.1. The van der Waals surface area contributed by atoms with Crippen LogP contribution in [0.3, 0.4) is 0 Å². The van der Waals surface area contributed by atoms with E-state index in [-0.39, 0.29) is 11.3 Å². The van der Waals surface area contributed by atoms with E-state index in [4.69, 9.17) is 9.72 Å². The number of aromatic nitrogens is 2. The second-order valence-electron chi connectivity index (χ2n) is 7.91. The molecule has 2 aromatic carbocycles. The number of hydrogen-bond acceptors (Lipinski definition) is 6. The van der Waals surface area contributed by atoms with Crippen molar-refractivity contribution in [2.75, 3.05) is 12.4 Å². The van der Waals surface area contributed by atoms with Crippen LogP contribution in [-0.2, 0) is 10.5 Å². The second kappa shape index (κ2) is 8.67. The standard InChI is InChI=1S/C25H23N3O3S/c1-31-17-12-10-16(11-13-17)20-21-18(8-5-9-19(21)29)26-23-22(20)24(30)28-25(27-23)32-14-15-6-3-2-4-7-15/h2-4,6-7,10-13,20H,5,8-9,14H2,1H3,(H2,26,27,28,30)/t20-/m1/s1. The van der Waals surface area contributed by atoms with Crippen molar-refractivity contribution in [1.82, 2.24) is 9.97 Å². The van der Waals surface area contributed by atoms with Crippen LogP contribution in [0, 0.1) is 0 Å². The third kappa shape index (κ3) is 3.84. The summed E-state index contributed by atoms with van der Waals surface area (Å²) in [7, 11) is 1.61. The molecule has 5 rings (SSSR count). The Morgan fingerprint density at radius 3 is 2.59 bits per heavy atom. The van der Waals surface area contributed by atoms with E-state index in [0.29, 0.717) is 34.3 Å². The number of ketones is 1. The number of methoxy groups -OCH3 is 1. The molecule has 0 fully saturated rings. The largest absolute Gasteiger partial charge is 0.497 e. The molecule has 0 unspecified atom stereocenters. The molecule has 2 N–H and O–H groups in total. The SMILES string of the molecule is COc1ccc([C@@H]2C3=C(CCCC3=O)Nc3nc(SCc4ccccc4)[nH]c(=O)c32)cc1. The van der Waals surface area contributed by atoms with E-state index in [2.05, 4.69) is 10.3 Å². The maximum Gasteiger partial charge on any atom is 0.257 e. The van der Waals surface area contributed by atoms with Crippen molar-refractivity contribution < 1.29 is 9.53 Å². The Morgan fingerprint density at radius 1 is 1.06 bits per heavy atom. The van der Waals surface area contributed by atoms with Gasteiger partial charge in [-0.15, -0.1) is 0 Å². The first-order valence-electron chi connectivity index (χ1n) is 10.6. The number of anilines is 1. The van der Waals surface area contributed by atoms with Crippen LogP contribution in [0.2, 0.25) is 0 Å². The molecule has 0 radical (unpaired) electrons. The highest BCUT2D eigenvalue weighted by Crippen LogP contribution is 2.43. The van der Waals surface area contributed by atoms with E-state index in [0.717, 1.165) is 35.4 Å². The van der Waals surface area contributed by atoms with E-state index in [9.17, 15) is 9.59 Å². The Hall–Kier alpha value is -3.32. The highest BCUT2D eigenvalue weighted by Gasteiger charge is 2.37. The number of benzene rings is 2. The van der Waals surface area contributed by atoms with Gasteiger partial charge in [0.1, 0.15) is 11.6 Å². The Kier molecular flexibility index (Phi) is 5.57. The molecule has 3 aromatic rings. The molecule has 2 heterocycles. The van der Waals surface area contributed by atoms with Gasteiger partial charge in [-0.3, -0.25) is 9.59 Å². The average Bonchev–Trinajstić information content (AvgIpc) is 2.82. The Labute approximate surface area is 190 Å². The minimum Gasteiger partial charge on any atom is -0.497 e. The summed E-state index contributed by atoms with van der Waals surface area (Å²) in [6.07, 6.45) is 2.07. The molecule has 32 heavy (non-hydrogen) atoms. The molecule has 1 aliphatic carbocycles. The van der Waals surface area contributed by atoms with Crippen LogP contribution in [0.5, 0.6) is 5.75 Å². The first-order valence-corrected chi connectivity index (χ1v) is 11.6.